The summed E-state index contributed by atoms with van der Waals surface area (Å²) in [6, 6.07) is 8.48. The van der Waals surface area contributed by atoms with Gasteiger partial charge in [-0.15, -0.1) is 0 Å². The van der Waals surface area contributed by atoms with Crippen molar-refractivity contribution in [2.24, 2.45) is 5.73 Å². The van der Waals surface area contributed by atoms with Crippen molar-refractivity contribution >= 4 is 12.1 Å². The van der Waals surface area contributed by atoms with Crippen molar-refractivity contribution in [3.8, 4) is 0 Å². The molecule has 1 fully saturated rings. The number of nitrogens with zero attached hydrogens (tertiary/aromatic N) is 1. The summed E-state index contributed by atoms with van der Waals surface area (Å²) in [6.45, 7) is 2.47. The van der Waals surface area contributed by atoms with Gasteiger partial charge in [0.25, 0.3) is 0 Å². The van der Waals surface area contributed by atoms with Crippen LogP contribution < -0.4 is 5.73 Å². The van der Waals surface area contributed by atoms with E-state index in [0.29, 0.717) is 13.0 Å². The van der Waals surface area contributed by atoms with E-state index in [1.807, 2.05) is 30.3 Å². The average molecular weight is 292 g/mol. The second-order valence-electron chi connectivity index (χ2n) is 4.96. The Labute approximate surface area is 123 Å². The minimum absolute atomic E-state index is 0.168. The van der Waals surface area contributed by atoms with Gasteiger partial charge in [0, 0.05) is 12.6 Å². The molecule has 0 aliphatic carbocycles. The molecule has 1 saturated heterocycles. The lowest BCUT2D eigenvalue weighted by molar-refractivity contribution is -0.147. The van der Waals surface area contributed by atoms with E-state index in [1.165, 1.54) is 4.90 Å². The van der Waals surface area contributed by atoms with E-state index < -0.39 is 18.1 Å². The molecule has 1 heterocycles. The van der Waals surface area contributed by atoms with Gasteiger partial charge in [-0.05, 0) is 18.9 Å². The van der Waals surface area contributed by atoms with E-state index in [2.05, 4.69) is 0 Å². The standard InChI is InChI=1S/C15H20N2O4/c1-2-20-14(18)13-8-12(16)9-17(13)15(19)21-10-11-6-4-3-5-7-11/h3-7,12-13H,2,8-10,16H2,1H3/t12-,13+/m1/s1. The summed E-state index contributed by atoms with van der Waals surface area (Å²) in [4.78, 5) is 25.3. The minimum atomic E-state index is -0.650. The molecular weight excluding hydrogens is 272 g/mol. The van der Waals surface area contributed by atoms with Gasteiger partial charge in [-0.1, -0.05) is 30.3 Å². The fourth-order valence-electron chi connectivity index (χ4n) is 2.33. The van der Waals surface area contributed by atoms with E-state index in [4.69, 9.17) is 15.2 Å². The minimum Gasteiger partial charge on any atom is -0.464 e. The lowest BCUT2D eigenvalue weighted by atomic mass is 10.2. The first-order valence-electron chi connectivity index (χ1n) is 7.01. The molecule has 0 spiro atoms. The number of ether oxygens (including phenoxy) is 2. The number of rotatable bonds is 4. The monoisotopic (exact) mass is 292 g/mol. The maximum Gasteiger partial charge on any atom is 0.410 e. The smallest absolute Gasteiger partial charge is 0.410 e. The van der Waals surface area contributed by atoms with E-state index in [9.17, 15) is 9.59 Å². The SMILES string of the molecule is CCOC(=O)[C@@H]1C[C@@H](N)CN1C(=O)OCc1ccccc1. The highest BCUT2D eigenvalue weighted by molar-refractivity contribution is 5.82. The molecule has 6 heteroatoms. The number of hydrogen-bond donors (Lipinski definition) is 1. The van der Waals surface area contributed by atoms with Gasteiger partial charge < -0.3 is 15.2 Å². The molecule has 0 radical (unpaired) electrons. The molecule has 1 aliphatic rings. The van der Waals surface area contributed by atoms with Crippen LogP contribution in [0.2, 0.25) is 0 Å². The summed E-state index contributed by atoms with van der Waals surface area (Å²) in [5.41, 5.74) is 6.73. The number of carbonyl (C=O) groups is 2. The van der Waals surface area contributed by atoms with Crippen LogP contribution in [0.5, 0.6) is 0 Å². The third-order valence-electron chi connectivity index (χ3n) is 3.33. The van der Waals surface area contributed by atoms with Gasteiger partial charge in [0.05, 0.1) is 6.61 Å². The van der Waals surface area contributed by atoms with E-state index >= 15 is 0 Å². The largest absolute Gasteiger partial charge is 0.464 e. The van der Waals surface area contributed by atoms with Crippen LogP contribution in [0.4, 0.5) is 4.79 Å². The summed E-state index contributed by atoms with van der Waals surface area (Å²) in [5, 5.41) is 0. The Hall–Kier alpha value is -2.08. The molecule has 1 aromatic rings. The Bertz CT molecular complexity index is 492. The predicted molar refractivity (Wildman–Crippen MR) is 76.3 cm³/mol. The Morgan fingerprint density at radius 3 is 2.67 bits per heavy atom. The highest BCUT2D eigenvalue weighted by Gasteiger charge is 2.40. The van der Waals surface area contributed by atoms with Crippen molar-refractivity contribution in [2.75, 3.05) is 13.2 Å². The Morgan fingerprint density at radius 1 is 1.29 bits per heavy atom. The molecule has 0 unspecified atom stereocenters. The molecule has 2 N–H and O–H groups in total. The molecule has 0 aromatic heterocycles. The highest BCUT2D eigenvalue weighted by atomic mass is 16.6. The van der Waals surface area contributed by atoms with Gasteiger partial charge in [-0.2, -0.15) is 0 Å². The van der Waals surface area contributed by atoms with Crippen LogP contribution in [0.1, 0.15) is 18.9 Å². The summed E-state index contributed by atoms with van der Waals surface area (Å²) < 4.78 is 10.2. The molecule has 6 nitrogen and oxygen atoms in total. The lowest BCUT2D eigenvalue weighted by Gasteiger charge is -2.22. The summed E-state index contributed by atoms with van der Waals surface area (Å²) in [7, 11) is 0. The van der Waals surface area contributed by atoms with Gasteiger partial charge >= 0.3 is 12.1 Å². The molecule has 2 atom stereocenters. The Balaban J connectivity index is 1.94. The summed E-state index contributed by atoms with van der Waals surface area (Å²) >= 11 is 0. The maximum absolute atomic E-state index is 12.1. The first-order valence-corrected chi connectivity index (χ1v) is 7.01. The van der Waals surface area contributed by atoms with Crippen LogP contribution in [0.3, 0.4) is 0 Å². The molecule has 0 bridgehead atoms. The topological polar surface area (TPSA) is 81.9 Å². The van der Waals surface area contributed by atoms with Crippen molar-refractivity contribution in [3.63, 3.8) is 0 Å². The van der Waals surface area contributed by atoms with Gasteiger partial charge in [0.15, 0.2) is 0 Å². The number of esters is 1. The number of benzene rings is 1. The van der Waals surface area contributed by atoms with Crippen LogP contribution in [-0.4, -0.2) is 42.2 Å². The van der Waals surface area contributed by atoms with E-state index in [1.54, 1.807) is 6.92 Å². The van der Waals surface area contributed by atoms with Gasteiger partial charge in [-0.25, -0.2) is 9.59 Å². The summed E-state index contributed by atoms with van der Waals surface area (Å²) in [5.74, 6) is -0.429. The van der Waals surface area contributed by atoms with Crippen molar-refractivity contribution in [1.29, 1.82) is 0 Å². The first kappa shape index (κ1) is 15.3. The number of likely N-dealkylation sites (tertiary alicyclic amines) is 1. The zero-order valence-corrected chi connectivity index (χ0v) is 12.0. The average Bonchev–Trinajstić information content (AvgIpc) is 2.88. The van der Waals surface area contributed by atoms with Crippen LogP contribution in [0.15, 0.2) is 30.3 Å². The lowest BCUT2D eigenvalue weighted by Crippen LogP contribution is -2.41. The van der Waals surface area contributed by atoms with Crippen LogP contribution >= 0.6 is 0 Å². The van der Waals surface area contributed by atoms with Crippen molar-refractivity contribution in [2.45, 2.75) is 32.0 Å². The molecule has 21 heavy (non-hydrogen) atoms. The first-order chi connectivity index (χ1) is 10.1. The number of carbonyl (C=O) groups excluding carboxylic acids is 2. The number of nitrogens with two attached hydrogens (primary N) is 1. The predicted octanol–water partition coefficient (Wildman–Crippen LogP) is 1.29. The van der Waals surface area contributed by atoms with Crippen molar-refractivity contribution in [3.05, 3.63) is 35.9 Å². The van der Waals surface area contributed by atoms with Gasteiger partial charge in [0.2, 0.25) is 0 Å². The number of amides is 1. The number of hydrogen-bond acceptors (Lipinski definition) is 5. The maximum atomic E-state index is 12.1. The Kier molecular flexibility index (Phi) is 5.16. The van der Waals surface area contributed by atoms with Gasteiger partial charge in [-0.3, -0.25) is 4.90 Å². The molecule has 2 rings (SSSR count). The van der Waals surface area contributed by atoms with Gasteiger partial charge in [0.1, 0.15) is 12.6 Å². The normalized spacial score (nSPS) is 21.1. The molecular formula is C15H20N2O4. The van der Waals surface area contributed by atoms with Crippen LogP contribution in [0, 0.1) is 0 Å². The molecule has 1 amide bonds. The van der Waals surface area contributed by atoms with Crippen molar-refractivity contribution < 1.29 is 19.1 Å². The molecule has 114 valence electrons. The zero-order chi connectivity index (χ0) is 15.2. The fourth-order valence-corrected chi connectivity index (χ4v) is 2.33. The zero-order valence-electron chi connectivity index (χ0n) is 12.0. The van der Waals surface area contributed by atoms with E-state index in [-0.39, 0.29) is 19.3 Å². The second kappa shape index (κ2) is 7.08. The summed E-state index contributed by atoms with van der Waals surface area (Å²) in [6.07, 6.45) is -0.135. The van der Waals surface area contributed by atoms with Crippen molar-refractivity contribution in [1.82, 2.24) is 4.90 Å². The molecule has 0 saturated carbocycles. The fraction of sp³-hybridized carbons (Fsp3) is 0.467. The molecule has 1 aliphatic heterocycles. The third kappa shape index (κ3) is 3.95. The Morgan fingerprint density at radius 2 is 2.00 bits per heavy atom. The second-order valence-corrected chi connectivity index (χ2v) is 4.96. The highest BCUT2D eigenvalue weighted by Crippen LogP contribution is 2.19. The van der Waals surface area contributed by atoms with E-state index in [0.717, 1.165) is 5.56 Å². The quantitative estimate of drug-likeness (QED) is 0.846. The third-order valence-corrected chi connectivity index (χ3v) is 3.33. The van der Waals surface area contributed by atoms with Crippen LogP contribution in [0.25, 0.3) is 0 Å². The van der Waals surface area contributed by atoms with Crippen LogP contribution in [-0.2, 0) is 20.9 Å². The molecule has 1 aromatic carbocycles.